The van der Waals surface area contributed by atoms with E-state index in [2.05, 4.69) is 20.1 Å². The van der Waals surface area contributed by atoms with E-state index in [1.807, 2.05) is 19.2 Å². The number of ether oxygens (including phenoxy) is 1. The predicted octanol–water partition coefficient (Wildman–Crippen LogP) is 1.26. The van der Waals surface area contributed by atoms with E-state index >= 15 is 0 Å². The van der Waals surface area contributed by atoms with Crippen molar-refractivity contribution in [2.75, 3.05) is 46.1 Å². The summed E-state index contributed by atoms with van der Waals surface area (Å²) in [4.78, 5) is 42.5. The van der Waals surface area contributed by atoms with Gasteiger partial charge in [-0.05, 0) is 37.2 Å². The first kappa shape index (κ1) is 25.7. The maximum atomic E-state index is 12.6. The van der Waals surface area contributed by atoms with E-state index in [4.69, 9.17) is 27.2 Å². The normalized spacial score (nSPS) is 18.7. The van der Waals surface area contributed by atoms with Crippen molar-refractivity contribution in [2.45, 2.75) is 25.1 Å². The Labute approximate surface area is 202 Å². The number of rotatable bonds is 9. The van der Waals surface area contributed by atoms with Crippen LogP contribution < -0.4 is 16.6 Å². The van der Waals surface area contributed by atoms with Gasteiger partial charge in [0.2, 0.25) is 0 Å². The van der Waals surface area contributed by atoms with Gasteiger partial charge in [-0.1, -0.05) is 23.7 Å². The molecule has 34 heavy (non-hydrogen) atoms. The highest BCUT2D eigenvalue weighted by Gasteiger charge is 2.31. The molecule has 184 valence electrons. The van der Waals surface area contributed by atoms with Crippen molar-refractivity contribution in [2.24, 2.45) is 0 Å². The second kappa shape index (κ2) is 11.5. The lowest BCUT2D eigenvalue weighted by Crippen LogP contribution is -2.55. The minimum atomic E-state index is -0.934. The van der Waals surface area contributed by atoms with Crippen LogP contribution in [0, 0.1) is 0 Å². The van der Waals surface area contributed by atoms with Crippen LogP contribution in [-0.4, -0.2) is 84.2 Å². The Hall–Kier alpha value is -2.92. The summed E-state index contributed by atoms with van der Waals surface area (Å²) in [7, 11) is 3.62. The Morgan fingerprint density at radius 2 is 2.06 bits per heavy atom. The average Bonchev–Trinajstić information content (AvgIpc) is 2.81. The number of nitrogen functional groups attached to an aromatic ring is 1. The van der Waals surface area contributed by atoms with Crippen LogP contribution in [-0.2, 0) is 11.3 Å². The van der Waals surface area contributed by atoms with E-state index in [-0.39, 0.29) is 34.1 Å². The van der Waals surface area contributed by atoms with Crippen molar-refractivity contribution in [1.29, 1.82) is 0 Å². The predicted molar refractivity (Wildman–Crippen MR) is 129 cm³/mol. The van der Waals surface area contributed by atoms with Gasteiger partial charge in [0, 0.05) is 39.8 Å². The number of aromatic nitrogens is 1. The van der Waals surface area contributed by atoms with Crippen molar-refractivity contribution in [1.82, 2.24) is 20.1 Å². The molecule has 1 aliphatic rings. The zero-order chi connectivity index (χ0) is 24.8. The quantitative estimate of drug-likeness (QED) is 0.411. The van der Waals surface area contributed by atoms with E-state index in [0.29, 0.717) is 19.5 Å². The van der Waals surface area contributed by atoms with Crippen LogP contribution in [0.1, 0.15) is 32.7 Å². The van der Waals surface area contributed by atoms with Crippen LogP contribution >= 0.6 is 11.6 Å². The molecule has 2 heterocycles. The van der Waals surface area contributed by atoms with Crippen molar-refractivity contribution in [3.05, 3.63) is 62.4 Å². The fourth-order valence-corrected chi connectivity index (χ4v) is 4.13. The monoisotopic (exact) mass is 491 g/mol. The number of piperidine rings is 1. The number of pyridine rings is 1. The van der Waals surface area contributed by atoms with Gasteiger partial charge in [0.15, 0.2) is 0 Å². The minimum absolute atomic E-state index is 0.0218. The topological polar surface area (TPSA) is 141 Å². The molecule has 1 aromatic heterocycles. The first-order valence-corrected chi connectivity index (χ1v) is 11.3. The molecule has 2 aromatic rings. The number of nitrogens with zero attached hydrogens (tertiary/aromatic N) is 2. The van der Waals surface area contributed by atoms with Crippen molar-refractivity contribution >= 4 is 29.3 Å². The van der Waals surface area contributed by atoms with Crippen molar-refractivity contribution in [3.8, 4) is 0 Å². The molecule has 0 spiro atoms. The van der Waals surface area contributed by atoms with Gasteiger partial charge >= 0.3 is 5.97 Å². The number of amides is 1. The number of aromatic amines is 1. The van der Waals surface area contributed by atoms with Crippen molar-refractivity contribution < 1.29 is 19.4 Å². The van der Waals surface area contributed by atoms with Crippen LogP contribution in [0.25, 0.3) is 0 Å². The van der Waals surface area contributed by atoms with Gasteiger partial charge in [-0.15, -0.1) is 0 Å². The van der Waals surface area contributed by atoms with Crippen LogP contribution in [0.4, 0.5) is 5.82 Å². The van der Waals surface area contributed by atoms with Crippen LogP contribution in [0.5, 0.6) is 0 Å². The number of hydrogen-bond donors (Lipinski definition) is 4. The lowest BCUT2D eigenvalue weighted by atomic mass is 10.0. The summed E-state index contributed by atoms with van der Waals surface area (Å²) in [5.74, 6) is -1.43. The molecule has 1 aromatic carbocycles. The molecule has 0 aliphatic carbocycles. The summed E-state index contributed by atoms with van der Waals surface area (Å²) in [6.07, 6.45) is 0.445. The van der Waals surface area contributed by atoms with Crippen LogP contribution in [0.2, 0.25) is 5.02 Å². The second-order valence-electron chi connectivity index (χ2n) is 8.46. The minimum Gasteiger partial charge on any atom is -0.478 e. The second-order valence-corrected chi connectivity index (χ2v) is 8.86. The lowest BCUT2D eigenvalue weighted by molar-refractivity contribution is 0.00441. The number of nitrogens with two attached hydrogens (primary N) is 1. The van der Waals surface area contributed by atoms with Crippen molar-refractivity contribution in [3.63, 3.8) is 0 Å². The number of H-pyrrole nitrogens is 1. The number of likely N-dealkylation sites (N-methyl/N-ethyl adjacent to an activating group) is 1. The number of hydrogen-bond acceptors (Lipinski definition) is 7. The highest BCUT2D eigenvalue weighted by Crippen LogP contribution is 2.17. The first-order valence-electron chi connectivity index (χ1n) is 10.9. The van der Waals surface area contributed by atoms with E-state index in [0.717, 1.165) is 25.2 Å². The van der Waals surface area contributed by atoms with E-state index < -0.39 is 17.4 Å². The molecule has 0 bridgehead atoms. The Morgan fingerprint density at radius 1 is 1.35 bits per heavy atom. The molecule has 3 rings (SSSR count). The molecule has 0 saturated carbocycles. The highest BCUT2D eigenvalue weighted by atomic mass is 35.5. The standard InChI is InChI=1S/C23H30ClN5O5/c1-28(12-14-3-5-15(6-4-14)23(32)33)9-10-29-8-7-18(19(13-29)34-2)26-21(30)16-11-17(24)20(25)27-22(16)31/h3-6,11,18-19H,7-10,12-13H2,1-2H3,(H,26,30)(H,32,33)(H3,25,27,31)/t18-,19+/m1/s1. The third kappa shape index (κ3) is 6.57. The largest absolute Gasteiger partial charge is 0.478 e. The summed E-state index contributed by atoms with van der Waals surface area (Å²) in [6.45, 7) is 3.75. The number of halogens is 1. The molecule has 1 saturated heterocycles. The number of benzene rings is 1. The molecular weight excluding hydrogens is 462 g/mol. The summed E-state index contributed by atoms with van der Waals surface area (Å²) in [5, 5.41) is 12.0. The highest BCUT2D eigenvalue weighted by molar-refractivity contribution is 6.33. The van der Waals surface area contributed by atoms with Gasteiger partial charge in [-0.25, -0.2) is 4.79 Å². The Kier molecular flexibility index (Phi) is 8.67. The molecule has 0 radical (unpaired) electrons. The summed E-state index contributed by atoms with van der Waals surface area (Å²) in [5.41, 5.74) is 6.21. The smallest absolute Gasteiger partial charge is 0.335 e. The fourth-order valence-electron chi connectivity index (χ4n) is 3.98. The summed E-state index contributed by atoms with van der Waals surface area (Å²) < 4.78 is 5.63. The molecule has 1 amide bonds. The van der Waals surface area contributed by atoms with Gasteiger partial charge in [0.25, 0.3) is 11.5 Å². The third-order valence-electron chi connectivity index (χ3n) is 5.98. The molecule has 2 atom stereocenters. The third-order valence-corrected chi connectivity index (χ3v) is 6.29. The number of methoxy groups -OCH3 is 1. The summed E-state index contributed by atoms with van der Waals surface area (Å²) in [6, 6.07) is 7.91. The molecule has 1 fully saturated rings. The van der Waals surface area contributed by atoms with Crippen LogP contribution in [0.3, 0.4) is 0 Å². The van der Waals surface area contributed by atoms with E-state index in [9.17, 15) is 14.4 Å². The Bertz CT molecular complexity index is 1070. The number of carboxylic acids is 1. The number of aromatic carboxylic acids is 1. The molecule has 1 aliphatic heterocycles. The molecule has 11 heteroatoms. The van der Waals surface area contributed by atoms with Gasteiger partial charge in [0.05, 0.1) is 22.7 Å². The van der Waals surface area contributed by atoms with Gasteiger partial charge in [0.1, 0.15) is 11.4 Å². The first-order chi connectivity index (χ1) is 16.2. The lowest BCUT2D eigenvalue weighted by Gasteiger charge is -2.38. The molecule has 5 N–H and O–H groups in total. The molecule has 10 nitrogen and oxygen atoms in total. The van der Waals surface area contributed by atoms with Gasteiger partial charge in [-0.2, -0.15) is 0 Å². The van der Waals surface area contributed by atoms with Gasteiger partial charge in [-0.3, -0.25) is 14.5 Å². The van der Waals surface area contributed by atoms with E-state index in [1.54, 1.807) is 19.2 Å². The maximum absolute atomic E-state index is 12.6. The zero-order valence-electron chi connectivity index (χ0n) is 19.2. The number of carbonyl (C=O) groups excluding carboxylic acids is 1. The number of carbonyl (C=O) groups is 2. The Balaban J connectivity index is 1.50. The van der Waals surface area contributed by atoms with Crippen LogP contribution in [0.15, 0.2) is 35.1 Å². The molecular formula is C23H30ClN5O5. The number of anilines is 1. The van der Waals surface area contributed by atoms with Gasteiger partial charge < -0.3 is 30.8 Å². The summed E-state index contributed by atoms with van der Waals surface area (Å²) >= 11 is 5.94. The Morgan fingerprint density at radius 3 is 2.71 bits per heavy atom. The SMILES string of the molecule is CO[C@H]1CN(CCN(C)Cc2ccc(C(=O)O)cc2)CC[C@H]1NC(=O)c1cc(Cl)c(N)[nH]c1=O. The number of nitrogens with one attached hydrogen (secondary N) is 2. The zero-order valence-corrected chi connectivity index (χ0v) is 20.0. The maximum Gasteiger partial charge on any atom is 0.335 e. The average molecular weight is 492 g/mol. The number of carboxylic acid groups (broad SMARTS) is 1. The fraction of sp³-hybridized carbons (Fsp3) is 0.435. The molecule has 0 unspecified atom stereocenters. The van der Waals surface area contributed by atoms with E-state index in [1.165, 1.54) is 6.07 Å². The number of likely N-dealkylation sites (tertiary alicyclic amines) is 1.